The third-order valence-corrected chi connectivity index (χ3v) is 5.50. The number of carbonyl (C=O) groups is 3. The molecule has 0 aliphatic rings. The summed E-state index contributed by atoms with van der Waals surface area (Å²) >= 11 is 0. The topological polar surface area (TPSA) is 92.7 Å². The van der Waals surface area contributed by atoms with Gasteiger partial charge in [-0.15, -0.1) is 0 Å². The highest BCUT2D eigenvalue weighted by molar-refractivity contribution is 5.80. The number of hydrogen-bond acceptors (Lipinski definition) is 4. The van der Waals surface area contributed by atoms with E-state index in [-0.39, 0.29) is 24.5 Å². The van der Waals surface area contributed by atoms with Gasteiger partial charge in [-0.05, 0) is 70.6 Å². The molecule has 0 aromatic rings. The molecule has 0 aromatic carbocycles. The third-order valence-electron chi connectivity index (χ3n) is 5.50. The van der Waals surface area contributed by atoms with E-state index >= 15 is 0 Å². The maximum Gasteiger partial charge on any atom is 0.322 e. The Balaban J connectivity index is 3.83. The molecule has 0 spiro atoms. The quantitative estimate of drug-likeness (QED) is 0.0872. The smallest absolute Gasteiger partial charge is 0.322 e. The molecule has 0 rings (SSSR count). The predicted molar refractivity (Wildman–Crippen MR) is 148 cm³/mol. The Labute approximate surface area is 219 Å². The van der Waals surface area contributed by atoms with Crippen molar-refractivity contribution in [3.8, 4) is 0 Å². The van der Waals surface area contributed by atoms with Crippen molar-refractivity contribution in [2.45, 2.75) is 116 Å². The van der Waals surface area contributed by atoms with E-state index in [4.69, 9.17) is 9.84 Å². The lowest BCUT2D eigenvalue weighted by atomic mass is 10.1. The van der Waals surface area contributed by atoms with Crippen LogP contribution in [0.15, 0.2) is 48.6 Å². The van der Waals surface area contributed by atoms with E-state index in [0.29, 0.717) is 19.3 Å². The minimum Gasteiger partial charge on any atom is -0.480 e. The van der Waals surface area contributed by atoms with E-state index in [9.17, 15) is 14.4 Å². The molecule has 0 fully saturated rings. The fourth-order valence-corrected chi connectivity index (χ4v) is 3.56. The van der Waals surface area contributed by atoms with Crippen LogP contribution in [0.2, 0.25) is 0 Å². The molecule has 0 heterocycles. The van der Waals surface area contributed by atoms with E-state index in [0.717, 1.165) is 77.0 Å². The molecule has 0 aromatic heterocycles. The number of allylic oxidation sites excluding steroid dienone is 8. The maximum atomic E-state index is 12.2. The zero-order valence-electron chi connectivity index (χ0n) is 22.6. The van der Waals surface area contributed by atoms with Crippen LogP contribution in [0.25, 0.3) is 0 Å². The monoisotopic (exact) mass is 503 g/mol. The molecule has 0 bridgehead atoms. The zero-order chi connectivity index (χ0) is 26.7. The summed E-state index contributed by atoms with van der Waals surface area (Å²) < 4.78 is 5.68. The molecule has 0 radical (unpaired) electrons. The molecule has 0 aliphatic carbocycles. The van der Waals surface area contributed by atoms with Crippen molar-refractivity contribution < 1.29 is 24.2 Å². The number of amides is 1. The van der Waals surface area contributed by atoms with Crippen LogP contribution in [-0.4, -0.2) is 35.6 Å². The molecule has 6 nitrogen and oxygen atoms in total. The SMILES string of the molecule is CC/C=C\C/C=C\C/C=C\C/C=C\CCCCC(=O)OC(CCC)CCCCCC(=O)NCC(=O)O. The zero-order valence-corrected chi connectivity index (χ0v) is 22.6. The van der Waals surface area contributed by atoms with Crippen LogP contribution < -0.4 is 5.32 Å². The number of esters is 1. The summed E-state index contributed by atoms with van der Waals surface area (Å²) in [5.41, 5.74) is 0. The second kappa shape index (κ2) is 25.5. The fraction of sp³-hybridized carbons (Fsp3) is 0.633. The average Bonchev–Trinajstić information content (AvgIpc) is 2.85. The number of rotatable bonds is 23. The molecule has 2 N–H and O–H groups in total. The molecule has 1 atom stereocenters. The van der Waals surface area contributed by atoms with E-state index in [2.05, 4.69) is 67.8 Å². The van der Waals surface area contributed by atoms with E-state index in [1.54, 1.807) is 0 Å². The lowest BCUT2D eigenvalue weighted by Crippen LogP contribution is -2.28. The largest absolute Gasteiger partial charge is 0.480 e. The van der Waals surface area contributed by atoms with Gasteiger partial charge in [-0.3, -0.25) is 14.4 Å². The Morgan fingerprint density at radius 3 is 1.97 bits per heavy atom. The van der Waals surface area contributed by atoms with Crippen molar-refractivity contribution in [2.75, 3.05) is 6.54 Å². The van der Waals surface area contributed by atoms with Crippen LogP contribution in [0.3, 0.4) is 0 Å². The van der Waals surface area contributed by atoms with Crippen molar-refractivity contribution in [3.05, 3.63) is 48.6 Å². The van der Waals surface area contributed by atoms with Gasteiger partial charge in [0.1, 0.15) is 12.6 Å². The summed E-state index contributed by atoms with van der Waals surface area (Å²) in [6, 6.07) is 0. The van der Waals surface area contributed by atoms with Crippen LogP contribution in [0, 0.1) is 0 Å². The minimum atomic E-state index is -1.04. The number of unbranched alkanes of at least 4 members (excludes halogenated alkanes) is 4. The van der Waals surface area contributed by atoms with Gasteiger partial charge in [-0.25, -0.2) is 0 Å². The highest BCUT2D eigenvalue weighted by Gasteiger charge is 2.13. The first-order valence-corrected chi connectivity index (χ1v) is 13.8. The Morgan fingerprint density at radius 1 is 0.750 bits per heavy atom. The number of carboxylic acid groups (broad SMARTS) is 1. The summed E-state index contributed by atoms with van der Waals surface area (Å²) in [5.74, 6) is -1.40. The summed E-state index contributed by atoms with van der Waals surface area (Å²) in [4.78, 5) is 34.2. The van der Waals surface area contributed by atoms with Crippen molar-refractivity contribution in [1.82, 2.24) is 5.32 Å². The highest BCUT2D eigenvalue weighted by Crippen LogP contribution is 2.15. The number of carbonyl (C=O) groups excluding carboxylic acids is 2. The van der Waals surface area contributed by atoms with E-state index < -0.39 is 5.97 Å². The average molecular weight is 504 g/mol. The Kier molecular flexibility index (Phi) is 23.6. The summed E-state index contributed by atoms with van der Waals surface area (Å²) in [6.07, 6.45) is 30.1. The summed E-state index contributed by atoms with van der Waals surface area (Å²) in [6.45, 7) is 3.89. The predicted octanol–water partition coefficient (Wildman–Crippen LogP) is 7.22. The first kappa shape index (κ1) is 33.4. The highest BCUT2D eigenvalue weighted by atomic mass is 16.5. The molecule has 1 unspecified atom stereocenters. The van der Waals surface area contributed by atoms with Crippen molar-refractivity contribution in [1.29, 1.82) is 0 Å². The molecule has 6 heteroatoms. The first-order valence-electron chi connectivity index (χ1n) is 13.8. The molecule has 0 saturated heterocycles. The third kappa shape index (κ3) is 24.5. The standard InChI is InChI=1S/C30H49NO5/c1-3-5-6-7-8-9-10-11-12-13-14-15-16-17-21-25-30(35)36-27(22-4-2)23-19-18-20-24-28(32)31-26-29(33)34/h5-6,8-9,11-12,14-15,27H,3-4,7,10,13,16-26H2,1-2H3,(H,31,32)(H,33,34)/b6-5-,9-8-,12-11-,15-14-. The molecule has 1 amide bonds. The summed E-state index contributed by atoms with van der Waals surface area (Å²) in [5, 5.41) is 10.9. The number of aliphatic carboxylic acids is 1. The van der Waals surface area contributed by atoms with Crippen molar-refractivity contribution in [3.63, 3.8) is 0 Å². The van der Waals surface area contributed by atoms with Gasteiger partial charge in [0.05, 0.1) is 0 Å². The van der Waals surface area contributed by atoms with Crippen LogP contribution in [0.5, 0.6) is 0 Å². The molecule has 0 aliphatic heterocycles. The molecule has 36 heavy (non-hydrogen) atoms. The van der Waals surface area contributed by atoms with Crippen LogP contribution in [-0.2, 0) is 19.1 Å². The van der Waals surface area contributed by atoms with E-state index in [1.807, 2.05) is 0 Å². The molecular weight excluding hydrogens is 454 g/mol. The van der Waals surface area contributed by atoms with Crippen molar-refractivity contribution in [2.24, 2.45) is 0 Å². The van der Waals surface area contributed by atoms with Gasteiger partial charge in [0, 0.05) is 12.8 Å². The normalized spacial score (nSPS) is 12.7. The van der Waals surface area contributed by atoms with E-state index in [1.165, 1.54) is 0 Å². The number of ether oxygens (including phenoxy) is 1. The van der Waals surface area contributed by atoms with Gasteiger partial charge in [-0.2, -0.15) is 0 Å². The molecule has 0 saturated carbocycles. The number of hydrogen-bond donors (Lipinski definition) is 2. The van der Waals surface area contributed by atoms with Gasteiger partial charge < -0.3 is 15.2 Å². The fourth-order valence-electron chi connectivity index (χ4n) is 3.56. The lowest BCUT2D eigenvalue weighted by Gasteiger charge is -2.17. The van der Waals surface area contributed by atoms with Crippen molar-refractivity contribution >= 4 is 17.8 Å². The Morgan fingerprint density at radius 2 is 1.36 bits per heavy atom. The lowest BCUT2D eigenvalue weighted by molar-refractivity contribution is -0.150. The van der Waals surface area contributed by atoms with Gasteiger partial charge in [0.25, 0.3) is 0 Å². The van der Waals surface area contributed by atoms with Gasteiger partial charge in [0.2, 0.25) is 5.91 Å². The minimum absolute atomic E-state index is 0.0577. The van der Waals surface area contributed by atoms with Gasteiger partial charge >= 0.3 is 11.9 Å². The summed E-state index contributed by atoms with van der Waals surface area (Å²) in [7, 11) is 0. The Hall–Kier alpha value is -2.63. The molecule has 204 valence electrons. The Bertz CT molecular complexity index is 693. The van der Waals surface area contributed by atoms with Crippen LogP contribution in [0.4, 0.5) is 0 Å². The number of nitrogens with one attached hydrogen (secondary N) is 1. The van der Waals surface area contributed by atoms with Crippen LogP contribution >= 0.6 is 0 Å². The second-order valence-electron chi connectivity index (χ2n) is 8.92. The van der Waals surface area contributed by atoms with Crippen LogP contribution in [0.1, 0.15) is 110 Å². The van der Waals surface area contributed by atoms with Gasteiger partial charge in [0.15, 0.2) is 0 Å². The second-order valence-corrected chi connectivity index (χ2v) is 8.92. The molecular formula is C30H49NO5. The first-order chi connectivity index (χ1) is 17.5. The van der Waals surface area contributed by atoms with Gasteiger partial charge in [-0.1, -0.05) is 75.3 Å². The maximum absolute atomic E-state index is 12.2. The number of carboxylic acids is 1.